The third-order valence-electron chi connectivity index (χ3n) is 6.07. The number of hydrogen-bond donors (Lipinski definition) is 0. The first-order valence-electron chi connectivity index (χ1n) is 10.9. The highest BCUT2D eigenvalue weighted by Gasteiger charge is 2.31. The maximum Gasteiger partial charge on any atom is 0.243 e. The van der Waals surface area contributed by atoms with Crippen molar-refractivity contribution >= 4 is 27.7 Å². The summed E-state index contributed by atoms with van der Waals surface area (Å²) in [5.41, 5.74) is 3.21. The number of rotatable bonds is 6. The number of tetrazole rings is 1. The van der Waals surface area contributed by atoms with Gasteiger partial charge in [-0.2, -0.15) is 8.99 Å². The van der Waals surface area contributed by atoms with Crippen LogP contribution in [0.5, 0.6) is 0 Å². The minimum atomic E-state index is -3.56. The molecule has 1 aliphatic heterocycles. The number of aromatic nitrogens is 4. The zero-order valence-corrected chi connectivity index (χ0v) is 19.6. The molecule has 0 N–H and O–H groups in total. The Morgan fingerprint density at radius 2 is 1.73 bits per heavy atom. The average molecular weight is 485 g/mol. The number of amides is 1. The second-order valence-corrected chi connectivity index (χ2v) is 10.9. The van der Waals surface area contributed by atoms with E-state index >= 15 is 0 Å². The van der Waals surface area contributed by atoms with Crippen molar-refractivity contribution in [1.29, 1.82) is 0 Å². The number of carbonyl (C=O) groups is 1. The van der Waals surface area contributed by atoms with Gasteiger partial charge in [0.15, 0.2) is 0 Å². The summed E-state index contributed by atoms with van der Waals surface area (Å²) < 4.78 is 29.3. The lowest BCUT2D eigenvalue weighted by molar-refractivity contribution is -0.129. The van der Waals surface area contributed by atoms with Gasteiger partial charge in [0.05, 0.1) is 16.3 Å². The Morgan fingerprint density at radius 3 is 2.52 bits per heavy atom. The molecule has 1 amide bonds. The van der Waals surface area contributed by atoms with Crippen molar-refractivity contribution in [2.45, 2.75) is 29.3 Å². The minimum absolute atomic E-state index is 0.0582. The number of thioether (sulfide) groups is 1. The van der Waals surface area contributed by atoms with Crippen molar-refractivity contribution in [1.82, 2.24) is 29.4 Å². The maximum atomic E-state index is 13.1. The Morgan fingerprint density at radius 1 is 0.970 bits per heavy atom. The Labute approximate surface area is 196 Å². The fraction of sp³-hybridized carbons (Fsp3) is 0.364. The molecule has 1 aromatic heterocycles. The van der Waals surface area contributed by atoms with Crippen LogP contribution in [0.1, 0.15) is 17.5 Å². The number of fused-ring (bicyclic) bond motifs is 1. The fourth-order valence-electron chi connectivity index (χ4n) is 4.25. The van der Waals surface area contributed by atoms with Crippen LogP contribution in [0.2, 0.25) is 0 Å². The van der Waals surface area contributed by atoms with Crippen LogP contribution >= 0.6 is 11.8 Å². The standard InChI is InChI=1S/C22H24N6O3S2/c29-21(16-32-22-23-24-25-28(22)19-7-2-1-3-8-19)26-11-13-27(14-12-26)33(30,31)20-10-9-17-5-4-6-18(17)15-20/h1-3,7-10,15H,4-6,11-14,16H2. The van der Waals surface area contributed by atoms with E-state index < -0.39 is 10.0 Å². The molecule has 1 aliphatic carbocycles. The van der Waals surface area contributed by atoms with E-state index in [4.69, 9.17) is 0 Å². The van der Waals surface area contributed by atoms with Crippen LogP contribution in [0.15, 0.2) is 58.6 Å². The van der Waals surface area contributed by atoms with Crippen LogP contribution in [0.25, 0.3) is 5.69 Å². The molecule has 0 bridgehead atoms. The largest absolute Gasteiger partial charge is 0.339 e. The SMILES string of the molecule is O=C(CSc1nnnn1-c1ccccc1)N1CCN(S(=O)(=O)c2ccc3c(c2)CCC3)CC1. The lowest BCUT2D eigenvalue weighted by Gasteiger charge is -2.34. The molecule has 1 fully saturated rings. The van der Waals surface area contributed by atoms with Gasteiger partial charge in [0.25, 0.3) is 0 Å². The average Bonchev–Trinajstić information content (AvgIpc) is 3.52. The molecule has 9 nitrogen and oxygen atoms in total. The van der Waals surface area contributed by atoms with Crippen molar-refractivity contribution in [3.63, 3.8) is 0 Å². The van der Waals surface area contributed by atoms with Gasteiger partial charge in [0, 0.05) is 26.2 Å². The highest BCUT2D eigenvalue weighted by Crippen LogP contribution is 2.27. The molecule has 172 valence electrons. The number of para-hydroxylation sites is 1. The van der Waals surface area contributed by atoms with Gasteiger partial charge in [-0.15, -0.1) is 5.10 Å². The zero-order valence-electron chi connectivity index (χ0n) is 18.0. The quantitative estimate of drug-likeness (QED) is 0.492. The maximum absolute atomic E-state index is 13.1. The van der Waals surface area contributed by atoms with Crippen LogP contribution in [0.3, 0.4) is 0 Å². The summed E-state index contributed by atoms with van der Waals surface area (Å²) in [4.78, 5) is 14.8. The molecule has 0 saturated carbocycles. The van der Waals surface area contributed by atoms with E-state index in [-0.39, 0.29) is 24.7 Å². The monoisotopic (exact) mass is 484 g/mol. The molecular formula is C22H24N6O3S2. The molecule has 5 rings (SSSR count). The first-order valence-corrected chi connectivity index (χ1v) is 13.3. The summed E-state index contributed by atoms with van der Waals surface area (Å²) in [6, 6.07) is 15.0. The van der Waals surface area contributed by atoms with Gasteiger partial charge < -0.3 is 4.90 Å². The number of benzene rings is 2. The number of hydrogen-bond acceptors (Lipinski definition) is 7. The van der Waals surface area contributed by atoms with Gasteiger partial charge in [-0.3, -0.25) is 4.79 Å². The predicted molar refractivity (Wildman–Crippen MR) is 124 cm³/mol. The Balaban J connectivity index is 1.18. The highest BCUT2D eigenvalue weighted by atomic mass is 32.2. The smallest absolute Gasteiger partial charge is 0.243 e. The summed E-state index contributed by atoms with van der Waals surface area (Å²) in [6.45, 7) is 1.32. The number of sulfonamides is 1. The molecule has 2 aromatic carbocycles. The van der Waals surface area contributed by atoms with Crippen LogP contribution < -0.4 is 0 Å². The number of nitrogens with zero attached hydrogens (tertiary/aromatic N) is 6. The normalized spacial score (nSPS) is 16.7. The van der Waals surface area contributed by atoms with Crippen molar-refractivity contribution in [3.05, 3.63) is 59.7 Å². The van der Waals surface area contributed by atoms with E-state index in [1.54, 1.807) is 15.6 Å². The molecule has 0 spiro atoms. The fourth-order valence-corrected chi connectivity index (χ4v) is 6.52. The van der Waals surface area contributed by atoms with Gasteiger partial charge in [0.2, 0.25) is 21.1 Å². The Kier molecular flexibility index (Phi) is 6.17. The first kappa shape index (κ1) is 22.1. The summed E-state index contributed by atoms with van der Waals surface area (Å²) >= 11 is 1.27. The lowest BCUT2D eigenvalue weighted by atomic mass is 10.1. The zero-order chi connectivity index (χ0) is 22.8. The predicted octanol–water partition coefficient (Wildman–Crippen LogP) is 1.78. The van der Waals surface area contributed by atoms with Gasteiger partial charge >= 0.3 is 0 Å². The van der Waals surface area contributed by atoms with Crippen LogP contribution in [-0.4, -0.2) is 75.7 Å². The molecule has 1 saturated heterocycles. The minimum Gasteiger partial charge on any atom is -0.339 e. The van der Waals surface area contributed by atoms with E-state index in [0.717, 1.165) is 30.5 Å². The van der Waals surface area contributed by atoms with Crippen molar-refractivity contribution in [2.75, 3.05) is 31.9 Å². The van der Waals surface area contributed by atoms with Gasteiger partial charge in [-0.25, -0.2) is 8.42 Å². The molecule has 11 heteroatoms. The first-order chi connectivity index (χ1) is 16.0. The number of piperazine rings is 1. The van der Waals surface area contributed by atoms with Crippen molar-refractivity contribution < 1.29 is 13.2 Å². The topological polar surface area (TPSA) is 101 Å². The van der Waals surface area contributed by atoms with Crippen LogP contribution in [0, 0.1) is 0 Å². The molecule has 0 radical (unpaired) electrons. The van der Waals surface area contributed by atoms with E-state index in [2.05, 4.69) is 15.5 Å². The summed E-state index contributed by atoms with van der Waals surface area (Å²) in [5.74, 6) is 0.127. The van der Waals surface area contributed by atoms with Crippen molar-refractivity contribution in [2.24, 2.45) is 0 Å². The second kappa shape index (κ2) is 9.24. The van der Waals surface area contributed by atoms with Crippen molar-refractivity contribution in [3.8, 4) is 5.69 Å². The second-order valence-electron chi connectivity index (χ2n) is 8.07. The third kappa shape index (κ3) is 4.53. The van der Waals surface area contributed by atoms with Crippen LogP contribution in [0.4, 0.5) is 0 Å². The van der Waals surface area contributed by atoms with Gasteiger partial charge in [0.1, 0.15) is 0 Å². The third-order valence-corrected chi connectivity index (χ3v) is 8.86. The molecular weight excluding hydrogens is 460 g/mol. The summed E-state index contributed by atoms with van der Waals surface area (Å²) in [7, 11) is -3.56. The van der Waals surface area contributed by atoms with E-state index in [9.17, 15) is 13.2 Å². The van der Waals surface area contributed by atoms with Gasteiger partial charge in [-0.05, 0) is 65.1 Å². The van der Waals surface area contributed by atoms with E-state index in [1.165, 1.54) is 21.6 Å². The number of carbonyl (C=O) groups excluding carboxylic acids is 1. The molecule has 33 heavy (non-hydrogen) atoms. The summed E-state index contributed by atoms with van der Waals surface area (Å²) in [6.07, 6.45) is 3.04. The van der Waals surface area contributed by atoms with Gasteiger partial charge in [-0.1, -0.05) is 36.0 Å². The van der Waals surface area contributed by atoms with E-state index in [1.807, 2.05) is 42.5 Å². The molecule has 0 atom stereocenters. The Hall–Kier alpha value is -2.76. The highest BCUT2D eigenvalue weighted by molar-refractivity contribution is 7.99. The summed E-state index contributed by atoms with van der Waals surface area (Å²) in [5, 5.41) is 12.3. The Bertz CT molecular complexity index is 1250. The molecule has 3 aromatic rings. The van der Waals surface area contributed by atoms with E-state index in [0.29, 0.717) is 23.1 Å². The van der Waals surface area contributed by atoms with Crippen LogP contribution in [-0.2, 0) is 27.7 Å². The lowest BCUT2D eigenvalue weighted by Crippen LogP contribution is -2.51. The molecule has 2 aliphatic rings. The molecule has 0 unspecified atom stereocenters. The number of aryl methyl sites for hydroxylation is 2. The molecule has 2 heterocycles.